The second-order valence-corrected chi connectivity index (χ2v) is 8.98. The molecule has 5 heterocycles. The van der Waals surface area contributed by atoms with Gasteiger partial charge in [0.05, 0.1) is 45.4 Å². The predicted octanol–water partition coefficient (Wildman–Crippen LogP) is 0.751. The van der Waals surface area contributed by atoms with E-state index in [4.69, 9.17) is 53.3 Å². The first kappa shape index (κ1) is 39.7. The summed E-state index contributed by atoms with van der Waals surface area (Å²) in [5.74, 6) is 2.32. The molecule has 0 amide bonds. The minimum absolute atomic E-state index is 0. The number of nitrogens with one attached hydrogen (secondary N) is 2. The smallest absolute Gasteiger partial charge is 0.164 e. The molecule has 4 atom stereocenters. The molecule has 6 rings (SSSR count). The second-order valence-electron chi connectivity index (χ2n) is 7.24. The molecule has 0 radical (unpaired) electrons. The van der Waals surface area contributed by atoms with Crippen LogP contribution < -0.4 is 0 Å². The van der Waals surface area contributed by atoms with Gasteiger partial charge >= 0.3 is 0 Å². The molecule has 0 saturated heterocycles. The average molecular weight is 754 g/mol. The molecule has 4 unspecified atom stereocenters. The Morgan fingerprint density at radius 2 is 0.822 bits per heavy atom. The molecule has 6 N–H and O–H groups in total. The summed E-state index contributed by atoms with van der Waals surface area (Å²) in [7, 11) is 0. The van der Waals surface area contributed by atoms with Gasteiger partial charge in [0, 0.05) is 30.6 Å². The Labute approximate surface area is 274 Å². The van der Waals surface area contributed by atoms with Crippen molar-refractivity contribution < 1.29 is 72.7 Å². The van der Waals surface area contributed by atoms with Crippen LogP contribution in [0.2, 0.25) is 0 Å². The van der Waals surface area contributed by atoms with Crippen molar-refractivity contribution in [2.75, 3.05) is 0 Å². The summed E-state index contributed by atoms with van der Waals surface area (Å²) in [6.07, 6.45) is 3.64. The maximum Gasteiger partial charge on any atom is 0.164 e. The number of fused-ring (bicyclic) bond motifs is 11. The van der Waals surface area contributed by atoms with Gasteiger partial charge in [-0.05, 0) is 36.4 Å². The fourth-order valence-corrected chi connectivity index (χ4v) is 3.21. The topological polar surface area (TPSA) is 350 Å². The number of aromatic amines is 2. The first-order valence-corrected chi connectivity index (χ1v) is 14.9. The summed E-state index contributed by atoms with van der Waals surface area (Å²) in [5.41, 5.74) is 4.58. The zero-order chi connectivity index (χ0) is 32.8. The molecule has 0 aliphatic carbocycles. The van der Waals surface area contributed by atoms with E-state index in [0.29, 0.717) is 45.9 Å². The maximum absolute atomic E-state index is 8.56. The van der Waals surface area contributed by atoms with Crippen LogP contribution in [-0.4, -0.2) is 93.1 Å². The van der Waals surface area contributed by atoms with Crippen LogP contribution in [-0.2, 0) is 64.9 Å². The van der Waals surface area contributed by atoms with E-state index in [9.17, 15) is 0 Å². The van der Waals surface area contributed by atoms with Gasteiger partial charge in [0.2, 0.25) is 0 Å². The Kier molecular flexibility index (Phi) is 17.6. The van der Waals surface area contributed by atoms with Gasteiger partial charge in [0.1, 0.15) is 22.6 Å². The molecule has 1 aromatic carbocycles. The van der Waals surface area contributed by atoms with E-state index in [0.717, 1.165) is 11.1 Å². The third kappa shape index (κ3) is 15.5. The van der Waals surface area contributed by atoms with Crippen LogP contribution in [0.15, 0.2) is 48.5 Å². The van der Waals surface area contributed by atoms with E-state index in [1.807, 2.05) is 60.7 Å². The molecule has 4 aromatic rings. The molecule has 45 heavy (non-hydrogen) atoms. The largest absolute Gasteiger partial charge is 0.750 e. The Balaban J connectivity index is 0.000000503. The molecule has 0 spiro atoms. The molecule has 2 aliphatic rings. The van der Waals surface area contributed by atoms with E-state index in [-0.39, 0.29) is 19.5 Å². The third-order valence-corrected chi connectivity index (χ3v) is 4.46. The van der Waals surface area contributed by atoms with Crippen LogP contribution in [0.3, 0.4) is 0 Å². The van der Waals surface area contributed by atoms with Crippen molar-refractivity contribution >= 4 is 80.2 Å². The van der Waals surface area contributed by atoms with Crippen LogP contribution in [0.1, 0.15) is 11.6 Å². The first-order chi connectivity index (χ1) is 20.7. The van der Waals surface area contributed by atoms with Crippen molar-refractivity contribution in [2.45, 2.75) is 0 Å². The van der Waals surface area contributed by atoms with Crippen LogP contribution in [0.25, 0.3) is 57.5 Å². The number of hydrogen-bond acceptors (Lipinski definition) is 14. The molecule has 20 nitrogen and oxygen atoms in total. The summed E-state index contributed by atoms with van der Waals surface area (Å²) < 4.78 is 96.3. The van der Waals surface area contributed by atoms with Gasteiger partial charge in [0.25, 0.3) is 0 Å². The van der Waals surface area contributed by atoms with E-state index >= 15 is 0 Å². The molecule has 8 bridgehead atoms. The van der Waals surface area contributed by atoms with Gasteiger partial charge in [-0.2, -0.15) is 0 Å². The maximum atomic E-state index is 8.56. The van der Waals surface area contributed by atoms with Gasteiger partial charge in [-0.15, -0.1) is 0 Å². The molecule has 3 aromatic heterocycles. The predicted molar refractivity (Wildman–Crippen MR) is 152 cm³/mol. The molecule has 238 valence electrons. The van der Waals surface area contributed by atoms with Crippen LogP contribution in [0.4, 0.5) is 0 Å². The number of benzene rings is 1. The van der Waals surface area contributed by atoms with E-state index in [1.165, 1.54) is 0 Å². The summed E-state index contributed by atoms with van der Waals surface area (Å²) in [6, 6.07) is 15.4. The van der Waals surface area contributed by atoms with E-state index in [1.54, 1.807) is 0 Å². The van der Waals surface area contributed by atoms with Crippen molar-refractivity contribution in [3.05, 3.63) is 60.2 Å². The van der Waals surface area contributed by atoms with Crippen molar-refractivity contribution in [2.24, 2.45) is 0 Å². The van der Waals surface area contributed by atoms with E-state index < -0.39 is 45.4 Å². The zero-order valence-electron chi connectivity index (χ0n) is 21.9. The Morgan fingerprint density at radius 3 is 1.24 bits per heavy atom. The standard InChI is InChI=1S/C20H12N8.4H2O3S.Zn/c1-2-4-12-11(3-1)19-26-17-9-7-15(24-17)22-13-5-6-14(21-13)23-16-8-10-18(25-16)27-20(12)28-19;4*1-4(2)3;/h1-10H,(H2,21,22,23,24,25,26,27,28);4*(H2,1,2,3);/p-4. The van der Waals surface area contributed by atoms with Crippen molar-refractivity contribution in [3.8, 4) is 22.8 Å². The van der Waals surface area contributed by atoms with Gasteiger partial charge in [0.15, 0.2) is 23.3 Å². The Morgan fingerprint density at radius 1 is 0.489 bits per heavy atom. The molecule has 25 heteroatoms. The molecule has 0 fully saturated rings. The number of aromatic nitrogens is 8. The van der Waals surface area contributed by atoms with Gasteiger partial charge < -0.3 is 46.4 Å². The normalized spacial score (nSPS) is 13.1. The number of hydrogen-bond donors (Lipinski definition) is 6. The third-order valence-electron chi connectivity index (χ3n) is 4.46. The second kappa shape index (κ2) is 20.0. The SMILES string of the molecule is C1=Cc2nc1nc1nc(nc3ccc(nc4ccc(n2)[nH]4)[nH]3)-c2ccccc2-1.O=S([O-])O.O=S([O-])O.O=S([O-])O.O=S([O-])O.[Zn]. The van der Waals surface area contributed by atoms with Crippen molar-refractivity contribution in [1.29, 1.82) is 0 Å². The van der Waals surface area contributed by atoms with Crippen molar-refractivity contribution in [1.82, 2.24) is 39.9 Å². The molecule has 0 saturated carbocycles. The quantitative estimate of drug-likeness (QED) is 0.0920. The Bertz CT molecular complexity index is 1810. The van der Waals surface area contributed by atoms with Crippen LogP contribution in [0, 0.1) is 0 Å². The molecular weight excluding hydrogens is 738 g/mol. The van der Waals surface area contributed by atoms with Crippen LogP contribution >= 0.6 is 0 Å². The fraction of sp³-hybridized carbons (Fsp3) is 0. The molecular formula is C20H16N8O12S4Zn-4. The van der Waals surface area contributed by atoms with Crippen molar-refractivity contribution in [3.63, 3.8) is 0 Å². The summed E-state index contributed by atoms with van der Waals surface area (Å²) in [6.45, 7) is 0. The van der Waals surface area contributed by atoms with E-state index in [2.05, 4.69) is 39.9 Å². The Hall–Kier alpha value is -3.30. The minimum atomic E-state index is -2.86. The van der Waals surface area contributed by atoms with Crippen LogP contribution in [0.5, 0.6) is 0 Å². The van der Waals surface area contributed by atoms with Gasteiger partial charge in [-0.3, -0.25) is 0 Å². The average Bonchev–Trinajstić information content (AvgIpc) is 3.68. The zero-order valence-corrected chi connectivity index (χ0v) is 28.1. The van der Waals surface area contributed by atoms with Gasteiger partial charge in [-0.1, -0.05) is 24.3 Å². The number of H-pyrrole nitrogens is 2. The number of nitrogens with zero attached hydrogens (tertiary/aromatic N) is 6. The first-order valence-electron chi connectivity index (χ1n) is 10.8. The fourth-order valence-electron chi connectivity index (χ4n) is 3.21. The summed E-state index contributed by atoms with van der Waals surface area (Å²) in [5, 5.41) is 0. The summed E-state index contributed by atoms with van der Waals surface area (Å²) >= 11 is -11.4. The minimum Gasteiger partial charge on any atom is -0.750 e. The van der Waals surface area contributed by atoms with Gasteiger partial charge in [-0.25, -0.2) is 46.7 Å². The monoisotopic (exact) mass is 752 g/mol. The molecule has 2 aliphatic heterocycles. The summed E-state index contributed by atoms with van der Waals surface area (Å²) in [4.78, 5) is 33.8. The number of rotatable bonds is 0.